The van der Waals surface area contributed by atoms with Crippen LogP contribution >= 0.6 is 11.3 Å². The SMILES string of the molecule is CCc1nc(CC(=O)Nc2ccc(Cn3ccccc3=O)cc2)cs1. The van der Waals surface area contributed by atoms with E-state index in [2.05, 4.69) is 10.3 Å². The van der Waals surface area contributed by atoms with Gasteiger partial charge in [-0.2, -0.15) is 0 Å². The molecule has 0 aliphatic carbocycles. The molecule has 0 aliphatic heterocycles. The number of nitrogens with zero attached hydrogens (tertiary/aromatic N) is 2. The highest BCUT2D eigenvalue weighted by molar-refractivity contribution is 7.09. The molecule has 1 N–H and O–H groups in total. The molecule has 0 atom stereocenters. The second kappa shape index (κ2) is 7.90. The van der Waals surface area contributed by atoms with Crippen molar-refractivity contribution >= 4 is 22.9 Å². The Morgan fingerprint density at radius 1 is 1.20 bits per heavy atom. The highest BCUT2D eigenvalue weighted by Gasteiger charge is 2.08. The maximum absolute atomic E-state index is 12.1. The van der Waals surface area contributed by atoms with Gasteiger partial charge in [-0.25, -0.2) is 4.98 Å². The van der Waals surface area contributed by atoms with E-state index in [-0.39, 0.29) is 17.9 Å². The van der Waals surface area contributed by atoms with Crippen LogP contribution in [0.25, 0.3) is 0 Å². The molecule has 0 unspecified atom stereocenters. The number of amides is 1. The molecule has 0 spiro atoms. The van der Waals surface area contributed by atoms with Crippen molar-refractivity contribution in [2.45, 2.75) is 26.3 Å². The number of benzene rings is 1. The lowest BCUT2D eigenvalue weighted by atomic mass is 10.2. The summed E-state index contributed by atoms with van der Waals surface area (Å²) in [5, 5.41) is 5.85. The lowest BCUT2D eigenvalue weighted by Gasteiger charge is -2.07. The second-order valence-electron chi connectivity index (χ2n) is 5.67. The fourth-order valence-corrected chi connectivity index (χ4v) is 3.19. The third kappa shape index (κ3) is 4.64. The van der Waals surface area contributed by atoms with Gasteiger partial charge in [-0.1, -0.05) is 25.1 Å². The summed E-state index contributed by atoms with van der Waals surface area (Å²) in [6, 6.07) is 12.6. The Labute approximate surface area is 150 Å². The van der Waals surface area contributed by atoms with Crippen LogP contribution in [-0.4, -0.2) is 15.5 Å². The zero-order chi connectivity index (χ0) is 17.6. The molecule has 2 heterocycles. The van der Waals surface area contributed by atoms with Gasteiger partial charge in [0, 0.05) is 23.3 Å². The topological polar surface area (TPSA) is 64.0 Å². The highest BCUT2D eigenvalue weighted by Crippen LogP contribution is 2.13. The van der Waals surface area contributed by atoms with Crippen LogP contribution in [0, 0.1) is 0 Å². The van der Waals surface area contributed by atoms with E-state index in [1.807, 2.05) is 42.6 Å². The summed E-state index contributed by atoms with van der Waals surface area (Å²) in [5.74, 6) is -0.0834. The van der Waals surface area contributed by atoms with Crippen molar-refractivity contribution in [2.75, 3.05) is 5.32 Å². The maximum atomic E-state index is 12.1. The van der Waals surface area contributed by atoms with Crippen molar-refractivity contribution in [1.29, 1.82) is 0 Å². The summed E-state index contributed by atoms with van der Waals surface area (Å²) in [5.41, 5.74) is 2.51. The number of nitrogens with one attached hydrogen (secondary N) is 1. The minimum atomic E-state index is -0.0834. The summed E-state index contributed by atoms with van der Waals surface area (Å²) < 4.78 is 1.64. The smallest absolute Gasteiger partial charge is 0.250 e. The van der Waals surface area contributed by atoms with Crippen LogP contribution in [-0.2, 0) is 24.2 Å². The van der Waals surface area contributed by atoms with Gasteiger partial charge >= 0.3 is 0 Å². The van der Waals surface area contributed by atoms with Crippen molar-refractivity contribution in [3.8, 4) is 0 Å². The van der Waals surface area contributed by atoms with Crippen LogP contribution in [0.1, 0.15) is 23.2 Å². The number of aryl methyl sites for hydroxylation is 1. The molecule has 2 aromatic heterocycles. The molecule has 1 aromatic carbocycles. The van der Waals surface area contributed by atoms with Crippen molar-refractivity contribution < 1.29 is 4.79 Å². The van der Waals surface area contributed by atoms with E-state index in [1.54, 1.807) is 28.2 Å². The van der Waals surface area contributed by atoms with E-state index < -0.39 is 0 Å². The molecule has 5 nitrogen and oxygen atoms in total. The Kier molecular flexibility index (Phi) is 5.40. The first kappa shape index (κ1) is 17.1. The highest BCUT2D eigenvalue weighted by atomic mass is 32.1. The Bertz CT molecular complexity index is 913. The number of carbonyl (C=O) groups is 1. The molecule has 0 radical (unpaired) electrons. The first-order valence-electron chi connectivity index (χ1n) is 8.11. The van der Waals surface area contributed by atoms with E-state index >= 15 is 0 Å². The maximum Gasteiger partial charge on any atom is 0.250 e. The number of pyridine rings is 1. The third-order valence-electron chi connectivity index (χ3n) is 3.73. The van der Waals surface area contributed by atoms with Crippen molar-refractivity contribution in [3.63, 3.8) is 0 Å². The predicted octanol–water partition coefficient (Wildman–Crippen LogP) is 3.10. The molecular weight excluding hydrogens is 334 g/mol. The van der Waals surface area contributed by atoms with Crippen LogP contribution in [0.5, 0.6) is 0 Å². The summed E-state index contributed by atoms with van der Waals surface area (Å²) >= 11 is 1.58. The average molecular weight is 353 g/mol. The lowest BCUT2D eigenvalue weighted by Crippen LogP contribution is -2.18. The van der Waals surface area contributed by atoms with E-state index in [4.69, 9.17) is 0 Å². The standard InChI is InChI=1S/C19H19N3O2S/c1-2-18-21-16(13-25-18)11-17(23)20-15-8-6-14(7-9-15)12-22-10-4-3-5-19(22)24/h3-10,13H,2,11-12H2,1H3,(H,20,23). The summed E-state index contributed by atoms with van der Waals surface area (Å²) in [6.07, 6.45) is 2.92. The largest absolute Gasteiger partial charge is 0.326 e. The first-order chi connectivity index (χ1) is 12.1. The van der Waals surface area contributed by atoms with Crippen LogP contribution in [0.15, 0.2) is 58.8 Å². The first-order valence-corrected chi connectivity index (χ1v) is 8.99. The van der Waals surface area contributed by atoms with Gasteiger partial charge < -0.3 is 9.88 Å². The van der Waals surface area contributed by atoms with Gasteiger partial charge in [0.05, 0.1) is 23.7 Å². The minimum absolute atomic E-state index is 0.0328. The van der Waals surface area contributed by atoms with E-state index in [1.165, 1.54) is 6.07 Å². The Hall–Kier alpha value is -2.73. The number of carbonyl (C=O) groups excluding carboxylic acids is 1. The van der Waals surface area contributed by atoms with Crippen LogP contribution in [0.4, 0.5) is 5.69 Å². The van der Waals surface area contributed by atoms with Crippen molar-refractivity contribution in [2.24, 2.45) is 0 Å². The summed E-state index contributed by atoms with van der Waals surface area (Å²) in [7, 11) is 0. The Morgan fingerprint density at radius 3 is 2.68 bits per heavy atom. The molecule has 0 bridgehead atoms. The summed E-state index contributed by atoms with van der Waals surface area (Å²) in [6.45, 7) is 2.56. The number of thiazole rings is 1. The van der Waals surface area contributed by atoms with Gasteiger partial charge in [-0.05, 0) is 30.2 Å². The predicted molar refractivity (Wildman–Crippen MR) is 100 cm³/mol. The fourth-order valence-electron chi connectivity index (χ4n) is 2.44. The van der Waals surface area contributed by atoms with Gasteiger partial charge in [0.15, 0.2) is 0 Å². The number of rotatable bonds is 6. The molecule has 0 saturated carbocycles. The van der Waals surface area contributed by atoms with Gasteiger partial charge in [0.25, 0.3) is 5.56 Å². The molecule has 1 amide bonds. The monoisotopic (exact) mass is 353 g/mol. The molecule has 0 saturated heterocycles. The zero-order valence-corrected chi connectivity index (χ0v) is 14.8. The normalized spacial score (nSPS) is 10.6. The van der Waals surface area contributed by atoms with Gasteiger partial charge in [-0.15, -0.1) is 11.3 Å². The number of aromatic nitrogens is 2. The molecule has 0 fully saturated rings. The molecule has 3 aromatic rings. The van der Waals surface area contributed by atoms with Crippen LogP contribution in [0.3, 0.4) is 0 Å². The Balaban J connectivity index is 1.59. The third-order valence-corrected chi connectivity index (χ3v) is 4.78. The number of hydrogen-bond donors (Lipinski definition) is 1. The average Bonchev–Trinajstić information content (AvgIpc) is 3.06. The van der Waals surface area contributed by atoms with Crippen molar-refractivity contribution in [3.05, 3.63) is 80.7 Å². The Morgan fingerprint density at radius 2 is 2.00 bits per heavy atom. The van der Waals surface area contributed by atoms with Crippen molar-refractivity contribution in [1.82, 2.24) is 9.55 Å². The fraction of sp³-hybridized carbons (Fsp3) is 0.211. The summed E-state index contributed by atoms with van der Waals surface area (Å²) in [4.78, 5) is 28.2. The zero-order valence-electron chi connectivity index (χ0n) is 13.9. The van der Waals surface area contributed by atoms with Gasteiger partial charge in [0.1, 0.15) is 0 Å². The number of hydrogen-bond acceptors (Lipinski definition) is 4. The van der Waals surface area contributed by atoms with E-state index in [0.717, 1.165) is 28.4 Å². The number of anilines is 1. The molecule has 0 aliphatic rings. The van der Waals surface area contributed by atoms with Gasteiger partial charge in [0.2, 0.25) is 5.91 Å². The molecule has 25 heavy (non-hydrogen) atoms. The molecule has 3 rings (SSSR count). The molecule has 6 heteroatoms. The van der Waals surface area contributed by atoms with Crippen LogP contribution < -0.4 is 10.9 Å². The molecule has 128 valence electrons. The van der Waals surface area contributed by atoms with E-state index in [0.29, 0.717) is 6.54 Å². The second-order valence-corrected chi connectivity index (χ2v) is 6.62. The lowest BCUT2D eigenvalue weighted by molar-refractivity contribution is -0.115. The quantitative estimate of drug-likeness (QED) is 0.741. The van der Waals surface area contributed by atoms with Crippen LogP contribution in [0.2, 0.25) is 0 Å². The van der Waals surface area contributed by atoms with E-state index in [9.17, 15) is 9.59 Å². The van der Waals surface area contributed by atoms with Gasteiger partial charge in [-0.3, -0.25) is 9.59 Å². The minimum Gasteiger partial charge on any atom is -0.326 e. The molecular formula is C19H19N3O2S.